The molecule has 2 saturated heterocycles. The fraction of sp³-hybridized carbons (Fsp3) is 0.409. The zero-order valence-electron chi connectivity index (χ0n) is 16.7. The molecule has 3 aliphatic heterocycles. The summed E-state index contributed by atoms with van der Waals surface area (Å²) in [7, 11) is 1.73. The number of hydrogen-bond donors (Lipinski definition) is 1. The van der Waals surface area contributed by atoms with Crippen molar-refractivity contribution in [1.82, 2.24) is 19.8 Å². The van der Waals surface area contributed by atoms with Crippen molar-refractivity contribution in [1.29, 1.82) is 0 Å². The Morgan fingerprint density at radius 3 is 3.00 bits per heavy atom. The summed E-state index contributed by atoms with van der Waals surface area (Å²) in [5.74, 6) is 0.342. The number of amides is 2. The van der Waals surface area contributed by atoms with Crippen LogP contribution in [0, 0.1) is 11.8 Å². The highest BCUT2D eigenvalue weighted by atomic mass is 16.5. The number of carbonyl (C=O) groups excluding carboxylic acids is 2. The van der Waals surface area contributed by atoms with E-state index >= 15 is 0 Å². The van der Waals surface area contributed by atoms with E-state index in [-0.39, 0.29) is 17.9 Å². The van der Waals surface area contributed by atoms with E-state index in [9.17, 15) is 9.59 Å². The quantitative estimate of drug-likeness (QED) is 0.697. The zero-order valence-corrected chi connectivity index (χ0v) is 16.7. The summed E-state index contributed by atoms with van der Waals surface area (Å²) in [6.45, 7) is 1.66. The van der Waals surface area contributed by atoms with E-state index < -0.39 is 17.4 Å². The molecule has 1 aromatic carbocycles. The van der Waals surface area contributed by atoms with Gasteiger partial charge in [-0.15, -0.1) is 0 Å². The average molecular weight is 408 g/mol. The van der Waals surface area contributed by atoms with Crippen molar-refractivity contribution in [2.24, 2.45) is 11.8 Å². The second kappa shape index (κ2) is 7.28. The Labute approximate surface area is 174 Å². The fourth-order valence-corrected chi connectivity index (χ4v) is 4.78. The maximum absolute atomic E-state index is 13.2. The van der Waals surface area contributed by atoms with Gasteiger partial charge in [-0.1, -0.05) is 30.4 Å². The molecule has 4 unspecified atom stereocenters. The highest BCUT2D eigenvalue weighted by Gasteiger charge is 2.67. The first-order valence-electron chi connectivity index (χ1n) is 10.1. The Bertz CT molecular complexity index is 961. The van der Waals surface area contributed by atoms with Crippen LogP contribution in [0.25, 0.3) is 0 Å². The SMILES string of the molecule is CN(Cc1ncc[nH]1)C(=O)C1C2C=CC3(CN(CCOc4ccccc4)C(=O)C13)O2. The van der Waals surface area contributed by atoms with Gasteiger partial charge in [-0.25, -0.2) is 4.98 Å². The van der Waals surface area contributed by atoms with Gasteiger partial charge in [-0.2, -0.15) is 0 Å². The van der Waals surface area contributed by atoms with Gasteiger partial charge in [0.25, 0.3) is 0 Å². The fourth-order valence-electron chi connectivity index (χ4n) is 4.78. The highest BCUT2D eigenvalue weighted by molar-refractivity contribution is 5.93. The molecule has 2 fully saturated rings. The van der Waals surface area contributed by atoms with Gasteiger partial charge in [-0.05, 0) is 12.1 Å². The minimum Gasteiger partial charge on any atom is -0.492 e. The van der Waals surface area contributed by atoms with Crippen LogP contribution in [0.4, 0.5) is 0 Å². The smallest absolute Gasteiger partial charge is 0.230 e. The maximum atomic E-state index is 13.2. The summed E-state index contributed by atoms with van der Waals surface area (Å²) in [6, 6.07) is 9.52. The third-order valence-electron chi connectivity index (χ3n) is 6.16. The normalized spacial score (nSPS) is 28.8. The predicted molar refractivity (Wildman–Crippen MR) is 107 cm³/mol. The third kappa shape index (κ3) is 3.08. The molecule has 0 radical (unpaired) electrons. The van der Waals surface area contributed by atoms with Crippen molar-refractivity contribution in [3.63, 3.8) is 0 Å². The summed E-state index contributed by atoms with van der Waals surface area (Å²) in [6.07, 6.45) is 6.92. The number of nitrogens with one attached hydrogen (secondary N) is 1. The monoisotopic (exact) mass is 408 g/mol. The molecule has 8 nitrogen and oxygen atoms in total. The minimum absolute atomic E-state index is 0.0386. The molecule has 2 amide bonds. The van der Waals surface area contributed by atoms with E-state index in [2.05, 4.69) is 9.97 Å². The molecule has 2 aromatic rings. The molecule has 1 N–H and O–H groups in total. The Kier molecular flexibility index (Phi) is 4.58. The number of H-pyrrole nitrogens is 1. The molecular weight excluding hydrogens is 384 g/mol. The summed E-state index contributed by atoms with van der Waals surface area (Å²) >= 11 is 0. The van der Waals surface area contributed by atoms with Gasteiger partial charge < -0.3 is 24.3 Å². The van der Waals surface area contributed by atoms with E-state index in [0.717, 1.165) is 5.75 Å². The highest BCUT2D eigenvalue weighted by Crippen LogP contribution is 2.52. The number of rotatable bonds is 7. The number of fused-ring (bicyclic) bond motifs is 1. The zero-order chi connectivity index (χ0) is 20.7. The van der Waals surface area contributed by atoms with Crippen LogP contribution >= 0.6 is 0 Å². The number of imidazole rings is 1. The number of aromatic amines is 1. The first-order valence-corrected chi connectivity index (χ1v) is 10.1. The molecule has 0 aliphatic carbocycles. The van der Waals surface area contributed by atoms with Gasteiger partial charge in [-0.3, -0.25) is 9.59 Å². The number of aromatic nitrogens is 2. The molecular formula is C22H24N4O4. The second-order valence-corrected chi connectivity index (χ2v) is 8.05. The van der Waals surface area contributed by atoms with Crippen molar-refractivity contribution in [2.45, 2.75) is 18.2 Å². The Morgan fingerprint density at radius 2 is 2.23 bits per heavy atom. The van der Waals surface area contributed by atoms with Crippen LogP contribution in [-0.2, 0) is 20.9 Å². The first kappa shape index (κ1) is 18.9. The lowest BCUT2D eigenvalue weighted by molar-refractivity contribution is -0.142. The molecule has 156 valence electrons. The molecule has 4 heterocycles. The first-order chi connectivity index (χ1) is 14.6. The standard InChI is InChI=1S/C22H24N4O4/c1-25(13-17-23-9-10-24-17)20(27)18-16-7-8-22(30-16)14-26(21(28)19(18)22)11-12-29-15-5-3-2-4-6-15/h2-10,16,18-19H,11-14H2,1H3,(H,23,24). The molecule has 1 aromatic heterocycles. The van der Waals surface area contributed by atoms with E-state index in [1.807, 2.05) is 42.5 Å². The minimum atomic E-state index is -0.708. The van der Waals surface area contributed by atoms with Crippen LogP contribution in [0.15, 0.2) is 54.9 Å². The molecule has 8 heteroatoms. The van der Waals surface area contributed by atoms with Crippen molar-refractivity contribution in [3.8, 4) is 5.75 Å². The van der Waals surface area contributed by atoms with Crippen molar-refractivity contribution >= 4 is 11.8 Å². The molecule has 2 bridgehead atoms. The summed E-state index contributed by atoms with van der Waals surface area (Å²) < 4.78 is 11.9. The Hall–Kier alpha value is -3.13. The van der Waals surface area contributed by atoms with Gasteiger partial charge in [0.15, 0.2) is 0 Å². The van der Waals surface area contributed by atoms with Crippen molar-refractivity contribution in [3.05, 3.63) is 60.7 Å². The topological polar surface area (TPSA) is 87.8 Å². The lowest BCUT2D eigenvalue weighted by Gasteiger charge is -2.27. The lowest BCUT2D eigenvalue weighted by Crippen LogP contribution is -2.44. The molecule has 1 spiro atoms. The predicted octanol–water partition coefficient (Wildman–Crippen LogP) is 1.23. The number of benzene rings is 1. The largest absolute Gasteiger partial charge is 0.492 e. The number of hydrogen-bond acceptors (Lipinski definition) is 5. The number of likely N-dealkylation sites (tertiary alicyclic amines) is 1. The summed E-state index contributed by atoms with van der Waals surface area (Å²) in [5.41, 5.74) is -0.708. The lowest BCUT2D eigenvalue weighted by atomic mass is 9.76. The molecule has 0 saturated carbocycles. The second-order valence-electron chi connectivity index (χ2n) is 8.05. The molecule has 30 heavy (non-hydrogen) atoms. The van der Waals surface area contributed by atoms with Gasteiger partial charge in [0.2, 0.25) is 11.8 Å². The van der Waals surface area contributed by atoms with E-state index in [1.54, 1.807) is 29.2 Å². The van der Waals surface area contributed by atoms with Crippen molar-refractivity contribution in [2.75, 3.05) is 26.7 Å². The Balaban J connectivity index is 1.27. The third-order valence-corrected chi connectivity index (χ3v) is 6.16. The Morgan fingerprint density at radius 1 is 1.40 bits per heavy atom. The van der Waals surface area contributed by atoms with Crippen molar-refractivity contribution < 1.29 is 19.1 Å². The maximum Gasteiger partial charge on any atom is 0.230 e. The number of nitrogens with zero attached hydrogens (tertiary/aromatic N) is 3. The van der Waals surface area contributed by atoms with E-state index in [0.29, 0.717) is 32.1 Å². The van der Waals surface area contributed by atoms with E-state index in [1.165, 1.54) is 0 Å². The number of para-hydroxylation sites is 1. The number of carbonyl (C=O) groups is 2. The van der Waals surface area contributed by atoms with Gasteiger partial charge >= 0.3 is 0 Å². The van der Waals surface area contributed by atoms with Crippen LogP contribution in [0.1, 0.15) is 5.82 Å². The average Bonchev–Trinajstić information content (AvgIpc) is 3.51. The summed E-state index contributed by atoms with van der Waals surface area (Å²) in [4.78, 5) is 37.0. The van der Waals surface area contributed by atoms with Crippen LogP contribution in [-0.4, -0.2) is 70.0 Å². The van der Waals surface area contributed by atoms with Crippen LogP contribution in [0.2, 0.25) is 0 Å². The van der Waals surface area contributed by atoms with Gasteiger partial charge in [0.1, 0.15) is 23.8 Å². The van der Waals surface area contributed by atoms with Gasteiger partial charge in [0.05, 0.1) is 37.6 Å². The molecule has 3 aliphatic rings. The van der Waals surface area contributed by atoms with Gasteiger partial charge in [0, 0.05) is 19.4 Å². The van der Waals surface area contributed by atoms with E-state index in [4.69, 9.17) is 9.47 Å². The number of ether oxygens (including phenoxy) is 2. The van der Waals surface area contributed by atoms with Crippen LogP contribution < -0.4 is 4.74 Å². The van der Waals surface area contributed by atoms with Crippen LogP contribution in [0.5, 0.6) is 5.75 Å². The summed E-state index contributed by atoms with van der Waals surface area (Å²) in [5, 5.41) is 0. The molecule has 4 atom stereocenters. The van der Waals surface area contributed by atoms with Crippen LogP contribution in [0.3, 0.4) is 0 Å². The molecule has 5 rings (SSSR count).